The molecule has 0 aliphatic carbocycles. The molecule has 1 fully saturated rings. The van der Waals surface area contributed by atoms with Gasteiger partial charge in [-0.1, -0.05) is 71.7 Å². The number of aliphatic hydroxyl groups is 1. The van der Waals surface area contributed by atoms with E-state index in [9.17, 15) is 29.0 Å². The van der Waals surface area contributed by atoms with Crippen LogP contribution in [0.15, 0.2) is 66.7 Å². The number of hydrogen-bond acceptors (Lipinski definition) is 5. The predicted octanol–water partition coefficient (Wildman–Crippen LogP) is 3.96. The number of aromatic hydroxyl groups is 1. The maximum atomic E-state index is 14.6. The zero-order valence-corrected chi connectivity index (χ0v) is 23.7. The number of halogens is 3. The average Bonchev–Trinajstić information content (AvgIpc) is 3.36. The van der Waals surface area contributed by atoms with Gasteiger partial charge in [-0.05, 0) is 42.7 Å². The van der Waals surface area contributed by atoms with Crippen LogP contribution < -0.4 is 10.6 Å². The van der Waals surface area contributed by atoms with E-state index >= 15 is 0 Å². The number of alkyl halides is 1. The van der Waals surface area contributed by atoms with Crippen LogP contribution in [0.3, 0.4) is 0 Å². The van der Waals surface area contributed by atoms with Crippen molar-refractivity contribution in [3.63, 3.8) is 0 Å². The standard InChI is InChI=1S/C30H30Cl2FN3O5/c1-17-21(10-6-12-25(17)37)28(39)35-23(13-18-7-3-2-4-8-18)27(38)30(41)36-16-20(33)14-24(36)29(40)34-15-19-9-5-11-22(31)26(19)32/h2-12,20,23-24,27,37-38H,13-16H2,1H3,(H,34,40)(H,35,39)/t20-,23+,24+,27+/m1/s1. The first-order valence-corrected chi connectivity index (χ1v) is 13.8. The van der Waals surface area contributed by atoms with Crippen LogP contribution in [0.1, 0.15) is 33.5 Å². The molecule has 0 saturated carbocycles. The Kier molecular flexibility index (Phi) is 9.86. The molecule has 1 saturated heterocycles. The lowest BCUT2D eigenvalue weighted by Gasteiger charge is -2.30. The minimum atomic E-state index is -1.79. The van der Waals surface area contributed by atoms with Gasteiger partial charge >= 0.3 is 0 Å². The zero-order chi connectivity index (χ0) is 29.7. The van der Waals surface area contributed by atoms with Crippen LogP contribution in [0.2, 0.25) is 10.0 Å². The number of phenols is 1. The third kappa shape index (κ3) is 7.16. The lowest BCUT2D eigenvalue weighted by atomic mass is 9.98. The van der Waals surface area contributed by atoms with E-state index in [4.69, 9.17) is 23.2 Å². The summed E-state index contributed by atoms with van der Waals surface area (Å²) >= 11 is 12.2. The van der Waals surface area contributed by atoms with E-state index in [1.165, 1.54) is 18.2 Å². The van der Waals surface area contributed by atoms with Gasteiger partial charge in [0.25, 0.3) is 11.8 Å². The number of aliphatic hydroxyl groups excluding tert-OH is 1. The van der Waals surface area contributed by atoms with Gasteiger partial charge in [0, 0.05) is 24.1 Å². The van der Waals surface area contributed by atoms with Crippen molar-refractivity contribution in [2.75, 3.05) is 6.54 Å². The van der Waals surface area contributed by atoms with Gasteiger partial charge in [-0.2, -0.15) is 0 Å². The van der Waals surface area contributed by atoms with Crippen LogP contribution in [-0.4, -0.2) is 63.7 Å². The maximum absolute atomic E-state index is 14.6. The molecule has 41 heavy (non-hydrogen) atoms. The quantitative estimate of drug-likeness (QED) is 0.296. The molecule has 4 atom stereocenters. The van der Waals surface area contributed by atoms with Gasteiger partial charge in [-0.3, -0.25) is 14.4 Å². The molecular formula is C30H30Cl2FN3O5. The monoisotopic (exact) mass is 601 g/mol. The van der Waals surface area contributed by atoms with Crippen LogP contribution in [0.4, 0.5) is 4.39 Å². The smallest absolute Gasteiger partial charge is 0.254 e. The number of phenolic OH excluding ortho intramolecular Hbond substituents is 1. The summed E-state index contributed by atoms with van der Waals surface area (Å²) in [4.78, 5) is 40.8. The number of nitrogens with zero attached hydrogens (tertiary/aromatic N) is 1. The highest BCUT2D eigenvalue weighted by Gasteiger charge is 2.43. The average molecular weight is 602 g/mol. The fraction of sp³-hybridized carbons (Fsp3) is 0.300. The Morgan fingerprint density at radius 3 is 2.49 bits per heavy atom. The number of benzene rings is 3. The zero-order valence-electron chi connectivity index (χ0n) is 22.2. The summed E-state index contributed by atoms with van der Waals surface area (Å²) in [5.74, 6) is -2.18. The van der Waals surface area contributed by atoms with Gasteiger partial charge in [0.1, 0.15) is 18.0 Å². The first-order valence-electron chi connectivity index (χ1n) is 13.0. The van der Waals surface area contributed by atoms with Crippen LogP contribution in [0.5, 0.6) is 5.75 Å². The minimum absolute atomic E-state index is 0.00618. The van der Waals surface area contributed by atoms with Crippen molar-refractivity contribution in [2.24, 2.45) is 0 Å². The second-order valence-corrected chi connectivity index (χ2v) is 10.7. The molecule has 1 aliphatic heterocycles. The number of nitrogens with one attached hydrogen (secondary N) is 2. The number of likely N-dealkylation sites (tertiary alicyclic amines) is 1. The molecule has 0 aromatic heterocycles. The van der Waals surface area contributed by atoms with Gasteiger partial charge in [-0.25, -0.2) is 4.39 Å². The predicted molar refractivity (Wildman–Crippen MR) is 154 cm³/mol. The highest BCUT2D eigenvalue weighted by molar-refractivity contribution is 6.42. The summed E-state index contributed by atoms with van der Waals surface area (Å²) in [6.45, 7) is 1.19. The Balaban J connectivity index is 1.53. The van der Waals surface area contributed by atoms with E-state index in [1.807, 2.05) is 0 Å². The van der Waals surface area contributed by atoms with Crippen LogP contribution in [0.25, 0.3) is 0 Å². The number of amides is 3. The highest BCUT2D eigenvalue weighted by Crippen LogP contribution is 2.27. The first-order chi connectivity index (χ1) is 19.6. The maximum Gasteiger partial charge on any atom is 0.254 e. The highest BCUT2D eigenvalue weighted by atomic mass is 35.5. The molecule has 8 nitrogen and oxygen atoms in total. The number of carbonyl (C=O) groups excluding carboxylic acids is 3. The van der Waals surface area contributed by atoms with Crippen molar-refractivity contribution in [3.05, 3.63) is 99.0 Å². The van der Waals surface area contributed by atoms with Gasteiger partial charge in [0.15, 0.2) is 6.10 Å². The number of hydrogen-bond donors (Lipinski definition) is 4. The molecule has 11 heteroatoms. The summed E-state index contributed by atoms with van der Waals surface area (Å²) < 4.78 is 14.6. The summed E-state index contributed by atoms with van der Waals surface area (Å²) in [5.41, 5.74) is 1.79. The van der Waals surface area contributed by atoms with Gasteiger partial charge in [0.05, 0.1) is 22.6 Å². The molecule has 0 bridgehead atoms. The molecule has 4 N–H and O–H groups in total. The SMILES string of the molecule is Cc1c(O)cccc1C(=O)N[C@@H](Cc1ccccc1)[C@H](O)C(=O)N1C[C@H](F)C[C@H]1C(=O)NCc1cccc(Cl)c1Cl. The number of rotatable bonds is 9. The molecule has 4 rings (SSSR count). The van der Waals surface area contributed by atoms with Gasteiger partial charge in [0.2, 0.25) is 5.91 Å². The van der Waals surface area contributed by atoms with Crippen molar-refractivity contribution < 1.29 is 29.0 Å². The summed E-state index contributed by atoms with van der Waals surface area (Å²) in [5, 5.41) is 27.2. The van der Waals surface area contributed by atoms with E-state index in [0.29, 0.717) is 16.1 Å². The Labute approximate surface area is 247 Å². The van der Waals surface area contributed by atoms with Gasteiger partial charge < -0.3 is 25.7 Å². The second-order valence-electron chi connectivity index (χ2n) is 9.93. The largest absolute Gasteiger partial charge is 0.508 e. The van der Waals surface area contributed by atoms with Crippen molar-refractivity contribution in [2.45, 2.75) is 50.7 Å². The first kappa shape index (κ1) is 30.3. The number of carbonyl (C=O) groups is 3. The lowest BCUT2D eigenvalue weighted by molar-refractivity contribution is -0.146. The van der Waals surface area contributed by atoms with Crippen molar-refractivity contribution in [3.8, 4) is 5.75 Å². The van der Waals surface area contributed by atoms with Crippen molar-refractivity contribution in [1.82, 2.24) is 15.5 Å². The van der Waals surface area contributed by atoms with E-state index < -0.39 is 42.1 Å². The lowest BCUT2D eigenvalue weighted by Crippen LogP contribution is -2.55. The molecule has 3 amide bonds. The topological polar surface area (TPSA) is 119 Å². The van der Waals surface area contributed by atoms with Crippen LogP contribution >= 0.6 is 23.2 Å². The fourth-order valence-electron chi connectivity index (χ4n) is 4.83. The van der Waals surface area contributed by atoms with Crippen LogP contribution in [0, 0.1) is 6.92 Å². The summed E-state index contributed by atoms with van der Waals surface area (Å²) in [6.07, 6.45) is -3.44. The Morgan fingerprint density at radius 1 is 1.05 bits per heavy atom. The molecule has 3 aromatic rings. The Hall–Kier alpha value is -3.66. The molecular weight excluding hydrogens is 572 g/mol. The molecule has 3 aromatic carbocycles. The van der Waals surface area contributed by atoms with Crippen molar-refractivity contribution in [1.29, 1.82) is 0 Å². The van der Waals surface area contributed by atoms with E-state index in [2.05, 4.69) is 10.6 Å². The Morgan fingerprint density at radius 2 is 1.76 bits per heavy atom. The Bertz CT molecular complexity index is 1420. The van der Waals surface area contributed by atoms with Crippen LogP contribution in [-0.2, 0) is 22.6 Å². The molecule has 1 heterocycles. The van der Waals surface area contributed by atoms with Gasteiger partial charge in [-0.15, -0.1) is 0 Å². The summed E-state index contributed by atoms with van der Waals surface area (Å²) in [7, 11) is 0. The minimum Gasteiger partial charge on any atom is -0.508 e. The molecule has 1 aliphatic rings. The third-order valence-corrected chi connectivity index (χ3v) is 7.98. The third-order valence-electron chi connectivity index (χ3n) is 7.12. The van der Waals surface area contributed by atoms with E-state index in [0.717, 1.165) is 10.5 Å². The normalized spacial score (nSPS) is 18.0. The molecule has 0 radical (unpaired) electrons. The molecule has 0 spiro atoms. The van der Waals surface area contributed by atoms with E-state index in [-0.39, 0.29) is 42.3 Å². The second kappa shape index (κ2) is 13.3. The van der Waals surface area contributed by atoms with E-state index in [1.54, 1.807) is 55.5 Å². The van der Waals surface area contributed by atoms with Crippen molar-refractivity contribution >= 4 is 40.9 Å². The molecule has 216 valence electrons. The fourth-order valence-corrected chi connectivity index (χ4v) is 5.22. The summed E-state index contributed by atoms with van der Waals surface area (Å²) in [6, 6.07) is 16.1. The molecule has 0 unspecified atom stereocenters.